The zero-order valence-corrected chi connectivity index (χ0v) is 8.95. The number of anilines is 2. The van der Waals surface area contributed by atoms with Crippen molar-refractivity contribution in [1.82, 2.24) is 10.2 Å². The van der Waals surface area contributed by atoms with Crippen LogP contribution in [0.5, 0.6) is 0 Å². The Morgan fingerprint density at radius 2 is 2.31 bits per heavy atom. The minimum atomic E-state index is -0.259. The van der Waals surface area contributed by atoms with Crippen LogP contribution in [0.4, 0.5) is 11.4 Å². The Morgan fingerprint density at radius 3 is 2.94 bits per heavy atom. The first-order valence-corrected chi connectivity index (χ1v) is 4.90. The van der Waals surface area contributed by atoms with Crippen LogP contribution in [0.3, 0.4) is 0 Å². The van der Waals surface area contributed by atoms with Crippen molar-refractivity contribution in [3.63, 3.8) is 0 Å². The van der Waals surface area contributed by atoms with Crippen molar-refractivity contribution in [2.75, 3.05) is 11.1 Å². The number of H-pyrrole nitrogens is 1. The second kappa shape index (κ2) is 4.24. The minimum absolute atomic E-state index is 0.259. The highest BCUT2D eigenvalue weighted by molar-refractivity contribution is 6.33. The molecule has 2 rings (SSSR count). The normalized spacial score (nSPS) is 10.1. The fourth-order valence-electron chi connectivity index (χ4n) is 1.21. The van der Waals surface area contributed by atoms with Gasteiger partial charge in [-0.25, -0.2) is 0 Å². The number of hydrogen-bond donors (Lipinski definition) is 3. The molecule has 0 bridgehead atoms. The smallest absolute Gasteiger partial charge is 0.255 e. The summed E-state index contributed by atoms with van der Waals surface area (Å²) in [5.41, 5.74) is 7.02. The summed E-state index contributed by atoms with van der Waals surface area (Å²) in [6.07, 6.45) is 3.09. The molecule has 1 aromatic heterocycles. The number of hydrogen-bond acceptors (Lipinski definition) is 3. The lowest BCUT2D eigenvalue weighted by atomic mass is 10.2. The Bertz CT molecular complexity index is 510. The molecule has 1 heterocycles. The van der Waals surface area contributed by atoms with Gasteiger partial charge in [0.25, 0.3) is 5.91 Å². The zero-order valence-electron chi connectivity index (χ0n) is 8.20. The summed E-state index contributed by atoms with van der Waals surface area (Å²) < 4.78 is 0. The Labute approximate surface area is 96.6 Å². The molecule has 0 saturated heterocycles. The number of carbonyl (C=O) groups is 1. The van der Waals surface area contributed by atoms with Crippen LogP contribution in [0.1, 0.15) is 10.4 Å². The van der Waals surface area contributed by atoms with E-state index in [-0.39, 0.29) is 5.91 Å². The minimum Gasteiger partial charge on any atom is -0.398 e. The topological polar surface area (TPSA) is 83.8 Å². The molecule has 0 fully saturated rings. The van der Waals surface area contributed by atoms with Gasteiger partial charge < -0.3 is 11.1 Å². The van der Waals surface area contributed by atoms with E-state index in [1.807, 2.05) is 0 Å². The number of carbonyl (C=O) groups excluding carboxylic acids is 1. The number of nitrogens with zero attached hydrogens (tertiary/aromatic N) is 1. The Kier molecular flexibility index (Phi) is 2.78. The van der Waals surface area contributed by atoms with Gasteiger partial charge in [-0.15, -0.1) is 0 Å². The first-order chi connectivity index (χ1) is 7.66. The molecule has 6 heteroatoms. The Hall–Kier alpha value is -2.01. The van der Waals surface area contributed by atoms with Crippen LogP contribution in [0.2, 0.25) is 5.02 Å². The monoisotopic (exact) mass is 236 g/mol. The van der Waals surface area contributed by atoms with Gasteiger partial charge in [0.2, 0.25) is 0 Å². The molecule has 0 spiro atoms. The SMILES string of the molecule is Nc1cc(C(=O)Nc2cn[nH]c2)ccc1Cl. The predicted molar refractivity (Wildman–Crippen MR) is 62.4 cm³/mol. The van der Waals surface area contributed by atoms with E-state index in [9.17, 15) is 4.79 Å². The largest absolute Gasteiger partial charge is 0.398 e. The molecule has 82 valence electrons. The lowest BCUT2D eigenvalue weighted by molar-refractivity contribution is 0.102. The van der Waals surface area contributed by atoms with E-state index in [1.54, 1.807) is 18.3 Å². The number of nitrogens with two attached hydrogens (primary N) is 1. The van der Waals surface area contributed by atoms with E-state index in [4.69, 9.17) is 17.3 Å². The first-order valence-electron chi connectivity index (χ1n) is 4.52. The third kappa shape index (κ3) is 2.14. The highest BCUT2D eigenvalue weighted by Crippen LogP contribution is 2.20. The Balaban J connectivity index is 2.18. The van der Waals surface area contributed by atoms with E-state index >= 15 is 0 Å². The van der Waals surface area contributed by atoms with Crippen LogP contribution in [0, 0.1) is 0 Å². The number of amides is 1. The summed E-state index contributed by atoms with van der Waals surface area (Å²) in [6.45, 7) is 0. The Morgan fingerprint density at radius 1 is 1.50 bits per heavy atom. The number of nitrogen functional groups attached to an aromatic ring is 1. The molecule has 0 radical (unpaired) electrons. The number of nitrogens with one attached hydrogen (secondary N) is 2. The second-order valence-corrected chi connectivity index (χ2v) is 3.58. The summed E-state index contributed by atoms with van der Waals surface area (Å²) in [4.78, 5) is 11.7. The van der Waals surface area contributed by atoms with E-state index in [0.717, 1.165) is 0 Å². The molecule has 0 aliphatic rings. The predicted octanol–water partition coefficient (Wildman–Crippen LogP) is 1.90. The van der Waals surface area contributed by atoms with Crippen molar-refractivity contribution in [2.24, 2.45) is 0 Å². The van der Waals surface area contributed by atoms with Gasteiger partial charge in [-0.05, 0) is 18.2 Å². The van der Waals surface area contributed by atoms with E-state index < -0.39 is 0 Å². The first kappa shape index (κ1) is 10.5. The molecule has 1 aromatic carbocycles. The molecule has 0 aliphatic heterocycles. The van der Waals surface area contributed by atoms with Crippen LogP contribution < -0.4 is 11.1 Å². The maximum atomic E-state index is 11.7. The summed E-state index contributed by atoms with van der Waals surface area (Å²) in [6, 6.07) is 4.72. The average molecular weight is 237 g/mol. The van der Waals surface area contributed by atoms with Gasteiger partial charge in [-0.1, -0.05) is 11.6 Å². The molecule has 1 amide bonds. The maximum absolute atomic E-state index is 11.7. The fourth-order valence-corrected chi connectivity index (χ4v) is 1.33. The van der Waals surface area contributed by atoms with Gasteiger partial charge in [-0.2, -0.15) is 5.10 Å². The molecular formula is C10H9ClN4O. The summed E-state index contributed by atoms with van der Waals surface area (Å²) >= 11 is 5.76. The lowest BCUT2D eigenvalue weighted by Crippen LogP contribution is -2.11. The quantitative estimate of drug-likeness (QED) is 0.697. The maximum Gasteiger partial charge on any atom is 0.255 e. The summed E-state index contributed by atoms with van der Waals surface area (Å²) in [7, 11) is 0. The van der Waals surface area contributed by atoms with Gasteiger partial charge in [0.1, 0.15) is 0 Å². The van der Waals surface area contributed by atoms with Crippen molar-refractivity contribution in [2.45, 2.75) is 0 Å². The summed E-state index contributed by atoms with van der Waals surface area (Å²) in [5.74, 6) is -0.259. The van der Waals surface area contributed by atoms with E-state index in [0.29, 0.717) is 22.0 Å². The molecule has 4 N–H and O–H groups in total. The van der Waals surface area contributed by atoms with Crippen molar-refractivity contribution < 1.29 is 4.79 Å². The lowest BCUT2D eigenvalue weighted by Gasteiger charge is -2.04. The molecule has 0 saturated carbocycles. The molecule has 16 heavy (non-hydrogen) atoms. The number of aromatic amines is 1. The van der Waals surface area contributed by atoms with Gasteiger partial charge in [0, 0.05) is 11.8 Å². The van der Waals surface area contributed by atoms with Crippen LogP contribution in [0.25, 0.3) is 0 Å². The van der Waals surface area contributed by atoms with Crippen LogP contribution >= 0.6 is 11.6 Å². The number of benzene rings is 1. The molecule has 0 aliphatic carbocycles. The van der Waals surface area contributed by atoms with Gasteiger partial charge in [0.15, 0.2) is 0 Å². The molecule has 5 nitrogen and oxygen atoms in total. The van der Waals surface area contributed by atoms with Crippen LogP contribution in [-0.2, 0) is 0 Å². The third-order valence-electron chi connectivity index (χ3n) is 2.01. The van der Waals surface area contributed by atoms with Crippen molar-refractivity contribution in [3.8, 4) is 0 Å². The van der Waals surface area contributed by atoms with E-state index in [2.05, 4.69) is 15.5 Å². The third-order valence-corrected chi connectivity index (χ3v) is 2.36. The number of aromatic nitrogens is 2. The van der Waals surface area contributed by atoms with Crippen LogP contribution in [-0.4, -0.2) is 16.1 Å². The zero-order chi connectivity index (χ0) is 11.5. The molecular weight excluding hydrogens is 228 g/mol. The number of rotatable bonds is 2. The van der Waals surface area contributed by atoms with Gasteiger partial charge in [-0.3, -0.25) is 9.89 Å². The highest BCUT2D eigenvalue weighted by atomic mass is 35.5. The van der Waals surface area contributed by atoms with Crippen molar-refractivity contribution in [1.29, 1.82) is 0 Å². The molecule has 0 atom stereocenters. The second-order valence-electron chi connectivity index (χ2n) is 3.18. The fraction of sp³-hybridized carbons (Fsp3) is 0. The number of halogens is 1. The molecule has 2 aromatic rings. The van der Waals surface area contributed by atoms with E-state index in [1.165, 1.54) is 12.3 Å². The van der Waals surface area contributed by atoms with Crippen molar-refractivity contribution in [3.05, 3.63) is 41.2 Å². The van der Waals surface area contributed by atoms with Gasteiger partial charge in [0.05, 0.1) is 22.6 Å². The average Bonchev–Trinajstić information content (AvgIpc) is 2.74. The standard InChI is InChI=1S/C10H9ClN4O/c11-8-2-1-6(3-9(8)12)10(16)15-7-4-13-14-5-7/h1-5H,12H2,(H,13,14)(H,15,16). The van der Waals surface area contributed by atoms with Gasteiger partial charge >= 0.3 is 0 Å². The molecule has 0 unspecified atom stereocenters. The summed E-state index contributed by atoms with van der Waals surface area (Å²) in [5, 5.41) is 9.40. The van der Waals surface area contributed by atoms with Crippen LogP contribution in [0.15, 0.2) is 30.6 Å². The highest BCUT2D eigenvalue weighted by Gasteiger charge is 2.08. The van der Waals surface area contributed by atoms with Crippen molar-refractivity contribution >= 4 is 28.9 Å².